The van der Waals surface area contributed by atoms with Gasteiger partial charge in [0.05, 0.1) is 37.0 Å². The van der Waals surface area contributed by atoms with Crippen LogP contribution in [0.2, 0.25) is 0 Å². The molecule has 0 N–H and O–H groups in total. The van der Waals surface area contributed by atoms with Gasteiger partial charge in [-0.25, -0.2) is 19.0 Å². The molecule has 0 spiro atoms. The molecule has 0 aliphatic carbocycles. The van der Waals surface area contributed by atoms with E-state index in [1.807, 2.05) is 0 Å². The van der Waals surface area contributed by atoms with Crippen molar-refractivity contribution in [1.82, 2.24) is 30.0 Å². The van der Waals surface area contributed by atoms with Crippen LogP contribution < -0.4 is 0 Å². The van der Waals surface area contributed by atoms with Crippen LogP contribution in [0.3, 0.4) is 0 Å². The van der Waals surface area contributed by atoms with Crippen LogP contribution in [0, 0.1) is 0 Å². The lowest BCUT2D eigenvalue weighted by Gasteiger charge is -2.27. The molecule has 16 heteroatoms. The lowest BCUT2D eigenvalue weighted by atomic mass is 10.1. The third-order valence-electron chi connectivity index (χ3n) is 7.56. The predicted molar refractivity (Wildman–Crippen MR) is 125 cm³/mol. The zero-order valence-corrected chi connectivity index (χ0v) is 22.4. The smallest absolute Gasteiger partial charge is 0.337 e. The first kappa shape index (κ1) is 25.9. The highest BCUT2D eigenvalue weighted by Gasteiger charge is 2.60. The second kappa shape index (κ2) is 9.25. The van der Waals surface area contributed by atoms with Gasteiger partial charge in [-0.1, -0.05) is 10.4 Å². The molecule has 7 heterocycles. The van der Waals surface area contributed by atoms with Crippen LogP contribution in [0.15, 0.2) is 12.4 Å². The third kappa shape index (κ3) is 4.29. The second-order valence-electron chi connectivity index (χ2n) is 11.2. The van der Waals surface area contributed by atoms with Gasteiger partial charge < -0.3 is 37.9 Å². The summed E-state index contributed by atoms with van der Waals surface area (Å²) >= 11 is 0. The van der Waals surface area contributed by atoms with Crippen molar-refractivity contribution in [3.63, 3.8) is 0 Å². The number of esters is 2. The van der Waals surface area contributed by atoms with Gasteiger partial charge in [0.25, 0.3) is 0 Å². The molecular formula is C24H30N6O10. The number of ether oxygens (including phenoxy) is 8. The van der Waals surface area contributed by atoms with Crippen molar-refractivity contribution in [2.75, 3.05) is 13.2 Å². The van der Waals surface area contributed by atoms with Gasteiger partial charge in [-0.15, -0.1) is 10.2 Å². The molecule has 2 aromatic heterocycles. The average Bonchev–Trinajstić information content (AvgIpc) is 3.69. The van der Waals surface area contributed by atoms with Crippen LogP contribution >= 0.6 is 0 Å². The predicted octanol–water partition coefficient (Wildman–Crippen LogP) is -0.410. The molecule has 0 aromatic carbocycles. The Morgan fingerprint density at radius 2 is 1.12 bits per heavy atom. The molecule has 216 valence electrons. The number of rotatable bonds is 0. The van der Waals surface area contributed by atoms with Gasteiger partial charge in [0.2, 0.25) is 0 Å². The Hall–Kier alpha value is -3.02. The molecule has 4 saturated heterocycles. The summed E-state index contributed by atoms with van der Waals surface area (Å²) in [5.41, 5.74) is 1.21. The molecule has 0 unspecified atom stereocenters. The van der Waals surface area contributed by atoms with Gasteiger partial charge in [0, 0.05) is 12.8 Å². The second-order valence-corrected chi connectivity index (χ2v) is 11.2. The van der Waals surface area contributed by atoms with Crippen molar-refractivity contribution in [3.05, 3.63) is 23.8 Å². The molecule has 4 fully saturated rings. The van der Waals surface area contributed by atoms with Crippen molar-refractivity contribution in [1.29, 1.82) is 0 Å². The molecular weight excluding hydrogens is 532 g/mol. The first-order valence-electron chi connectivity index (χ1n) is 13.2. The number of nitrogens with zero attached hydrogens (tertiary/aromatic N) is 6. The normalized spacial score (nSPS) is 38.4. The maximum absolute atomic E-state index is 13.3. The summed E-state index contributed by atoms with van der Waals surface area (Å²) in [6.45, 7) is 7.04. The minimum atomic E-state index is -1.07. The molecule has 8 atom stereocenters. The van der Waals surface area contributed by atoms with E-state index in [2.05, 4.69) is 20.6 Å². The third-order valence-corrected chi connectivity index (χ3v) is 7.56. The standard InChI is InChI=1S/C24H30N6O10/c1-23(2)37-17-13-15(35-21(17)39-23)19(31)33-8-6-12-10-26-28-30(12)14-16(36-22-18(14)38-24(3,4)40-22)20(32)34-7-5-11-9-25-27-29(11)13/h9-10,13-18,21-22H,5-8H2,1-4H3/t13-,14-,15-,16-,17+,18+,21+,22+/m0/s1. The minimum absolute atomic E-state index is 0.00875. The summed E-state index contributed by atoms with van der Waals surface area (Å²) in [5, 5.41) is 16.5. The molecule has 5 aliphatic rings. The van der Waals surface area contributed by atoms with E-state index in [0.29, 0.717) is 11.4 Å². The van der Waals surface area contributed by atoms with Gasteiger partial charge in [-0.3, -0.25) is 0 Å². The molecule has 5 aliphatic heterocycles. The van der Waals surface area contributed by atoms with Crippen molar-refractivity contribution in [2.45, 2.75) is 101 Å². The highest BCUT2D eigenvalue weighted by atomic mass is 16.8. The summed E-state index contributed by atoms with van der Waals surface area (Å²) in [6.07, 6.45) is -1.45. The van der Waals surface area contributed by atoms with Crippen LogP contribution in [0.25, 0.3) is 0 Å². The molecule has 7 rings (SSSR count). The fourth-order valence-corrected chi connectivity index (χ4v) is 5.97. The van der Waals surface area contributed by atoms with Crippen LogP contribution in [-0.2, 0) is 60.3 Å². The van der Waals surface area contributed by atoms with Crippen LogP contribution in [0.1, 0.15) is 51.2 Å². The SMILES string of the molecule is CC1(C)O[C@H]2O[C@@H]3C(=O)OCCc4cnnn4[C@@H]4[C@H]5OC(C)(C)O[C@H]5O[C@@H]4C(=O)OCCc4cnnn4[C@@H]3[C@H]2O1. The van der Waals surface area contributed by atoms with E-state index in [9.17, 15) is 9.59 Å². The Kier molecular flexibility index (Phi) is 5.99. The van der Waals surface area contributed by atoms with Crippen molar-refractivity contribution in [2.24, 2.45) is 0 Å². The Balaban J connectivity index is 1.20. The molecule has 0 amide bonds. The maximum atomic E-state index is 13.3. The Bertz CT molecular complexity index is 1210. The van der Waals surface area contributed by atoms with Gasteiger partial charge >= 0.3 is 11.9 Å². The van der Waals surface area contributed by atoms with Gasteiger partial charge in [0.1, 0.15) is 24.3 Å². The van der Waals surface area contributed by atoms with E-state index in [4.69, 9.17) is 37.9 Å². The number of fused-ring (bicyclic) bond motifs is 10. The fraction of sp³-hybridized carbons (Fsp3) is 0.750. The van der Waals surface area contributed by atoms with E-state index < -0.39 is 72.6 Å². The Morgan fingerprint density at radius 1 is 0.700 bits per heavy atom. The number of aromatic nitrogens is 6. The zero-order chi connectivity index (χ0) is 27.8. The molecule has 40 heavy (non-hydrogen) atoms. The summed E-state index contributed by atoms with van der Waals surface area (Å²) in [7, 11) is 0. The first-order valence-corrected chi connectivity index (χ1v) is 13.2. The van der Waals surface area contributed by atoms with E-state index in [1.54, 1.807) is 49.5 Å². The number of carbonyl (C=O) groups excluding carboxylic acids is 2. The van der Waals surface area contributed by atoms with Crippen molar-refractivity contribution >= 4 is 11.9 Å². The summed E-state index contributed by atoms with van der Waals surface area (Å²) < 4.78 is 50.3. The lowest BCUT2D eigenvalue weighted by Crippen LogP contribution is -2.40. The summed E-state index contributed by atoms with van der Waals surface area (Å²) in [4.78, 5) is 26.7. The van der Waals surface area contributed by atoms with Crippen LogP contribution in [0.5, 0.6) is 0 Å². The van der Waals surface area contributed by atoms with Crippen molar-refractivity contribution < 1.29 is 47.5 Å². The number of carbonyl (C=O) groups is 2. The highest BCUT2D eigenvalue weighted by Crippen LogP contribution is 2.45. The minimum Gasteiger partial charge on any atom is -0.463 e. The molecule has 0 bridgehead atoms. The molecule has 16 nitrogen and oxygen atoms in total. The van der Waals surface area contributed by atoms with E-state index >= 15 is 0 Å². The molecule has 0 saturated carbocycles. The first-order chi connectivity index (χ1) is 19.1. The number of hydrogen-bond acceptors (Lipinski definition) is 14. The zero-order valence-electron chi connectivity index (χ0n) is 22.4. The molecule has 2 aromatic rings. The topological polar surface area (TPSA) is 169 Å². The highest BCUT2D eigenvalue weighted by molar-refractivity contribution is 5.76. The average molecular weight is 563 g/mol. The van der Waals surface area contributed by atoms with Crippen LogP contribution in [0.4, 0.5) is 0 Å². The fourth-order valence-electron chi connectivity index (χ4n) is 5.97. The monoisotopic (exact) mass is 562 g/mol. The largest absolute Gasteiger partial charge is 0.463 e. The maximum Gasteiger partial charge on any atom is 0.337 e. The van der Waals surface area contributed by atoms with Gasteiger partial charge in [-0.2, -0.15) is 0 Å². The van der Waals surface area contributed by atoms with E-state index in [-0.39, 0.29) is 26.1 Å². The Morgan fingerprint density at radius 3 is 1.55 bits per heavy atom. The molecule has 0 radical (unpaired) electrons. The van der Waals surface area contributed by atoms with Gasteiger partial charge in [0.15, 0.2) is 36.4 Å². The Labute approximate surface area is 228 Å². The lowest BCUT2D eigenvalue weighted by molar-refractivity contribution is -0.216. The van der Waals surface area contributed by atoms with E-state index in [0.717, 1.165) is 0 Å². The summed E-state index contributed by atoms with van der Waals surface area (Å²) in [5.74, 6) is -3.03. The summed E-state index contributed by atoms with van der Waals surface area (Å²) in [6, 6.07) is -1.43. The van der Waals surface area contributed by atoms with Crippen LogP contribution in [-0.4, -0.2) is 104 Å². The number of cyclic esters (lactones) is 2. The van der Waals surface area contributed by atoms with E-state index in [1.165, 1.54) is 0 Å². The quantitative estimate of drug-likeness (QED) is 0.380. The van der Waals surface area contributed by atoms with Gasteiger partial charge in [-0.05, 0) is 27.7 Å². The van der Waals surface area contributed by atoms with Crippen molar-refractivity contribution in [3.8, 4) is 0 Å². The number of hydrogen-bond donors (Lipinski definition) is 0.